The Balaban J connectivity index is 1.95. The molecule has 0 bridgehead atoms. The van der Waals surface area contributed by atoms with Crippen molar-refractivity contribution in [2.75, 3.05) is 17.2 Å². The number of fused-ring (bicyclic) bond motifs is 1. The fourth-order valence-corrected chi connectivity index (χ4v) is 2.38. The lowest BCUT2D eigenvalue weighted by molar-refractivity contribution is -0.115. The van der Waals surface area contributed by atoms with Gasteiger partial charge in [-0.05, 0) is 18.2 Å². The highest BCUT2D eigenvalue weighted by molar-refractivity contribution is 6.14. The second-order valence-corrected chi connectivity index (χ2v) is 5.04. The molecular weight excluding hydrogens is 290 g/mol. The molecule has 3 rings (SSSR count). The van der Waals surface area contributed by atoms with Crippen LogP contribution in [-0.4, -0.2) is 23.7 Å². The summed E-state index contributed by atoms with van der Waals surface area (Å²) in [5.74, 6) is -0.00398. The highest BCUT2D eigenvalue weighted by Crippen LogP contribution is 2.32. The van der Waals surface area contributed by atoms with Crippen LogP contribution >= 0.6 is 0 Å². The third kappa shape index (κ3) is 3.37. The molecule has 0 fully saturated rings. The lowest BCUT2D eigenvalue weighted by atomic mass is 10.0. The second-order valence-electron chi connectivity index (χ2n) is 5.04. The van der Waals surface area contributed by atoms with Crippen molar-refractivity contribution in [2.24, 2.45) is 10.7 Å². The second kappa shape index (κ2) is 6.74. The first-order chi connectivity index (χ1) is 11.3. The number of carbonyl (C=O) groups excluding carboxylic acids is 1. The third-order valence-corrected chi connectivity index (χ3v) is 3.48. The van der Waals surface area contributed by atoms with Crippen LogP contribution in [0, 0.1) is 0 Å². The number of anilines is 2. The Labute approximate surface area is 134 Å². The molecule has 0 atom stereocenters. The maximum Gasteiger partial charge on any atom is 0.226 e. The van der Waals surface area contributed by atoms with Gasteiger partial charge in [0, 0.05) is 42.7 Å². The van der Waals surface area contributed by atoms with Gasteiger partial charge in [-0.15, -0.1) is 0 Å². The van der Waals surface area contributed by atoms with E-state index in [2.05, 4.69) is 20.6 Å². The minimum Gasteiger partial charge on any atom is -0.404 e. The van der Waals surface area contributed by atoms with Gasteiger partial charge >= 0.3 is 0 Å². The molecule has 2 heterocycles. The first-order valence-corrected chi connectivity index (χ1v) is 7.31. The number of para-hydroxylation sites is 1. The molecule has 0 unspecified atom stereocenters. The number of pyridine rings is 1. The molecule has 1 aliphatic rings. The van der Waals surface area contributed by atoms with Gasteiger partial charge in [0.05, 0.1) is 23.3 Å². The Morgan fingerprint density at radius 1 is 1.30 bits per heavy atom. The third-order valence-electron chi connectivity index (χ3n) is 3.48. The summed E-state index contributed by atoms with van der Waals surface area (Å²) in [6.45, 7) is 0.577. The average molecular weight is 307 g/mol. The summed E-state index contributed by atoms with van der Waals surface area (Å²) in [4.78, 5) is 20.1. The summed E-state index contributed by atoms with van der Waals surface area (Å²) in [6, 6.07) is 9.37. The number of hydrogen-bond acceptors (Lipinski definition) is 5. The van der Waals surface area contributed by atoms with Crippen molar-refractivity contribution in [3.05, 3.63) is 54.5 Å². The van der Waals surface area contributed by atoms with Crippen molar-refractivity contribution in [1.29, 1.82) is 0 Å². The summed E-state index contributed by atoms with van der Waals surface area (Å²) >= 11 is 0. The fourth-order valence-electron chi connectivity index (χ4n) is 2.38. The van der Waals surface area contributed by atoms with Gasteiger partial charge in [-0.25, -0.2) is 0 Å². The number of hydrogen-bond donors (Lipinski definition) is 3. The van der Waals surface area contributed by atoms with E-state index in [0.29, 0.717) is 13.0 Å². The summed E-state index contributed by atoms with van der Waals surface area (Å²) in [6.07, 6.45) is 7.00. The fraction of sp³-hybridized carbons (Fsp3) is 0.118. The Kier molecular flexibility index (Phi) is 4.33. The molecule has 0 radical (unpaired) electrons. The van der Waals surface area contributed by atoms with E-state index < -0.39 is 0 Å². The molecule has 0 saturated carbocycles. The highest BCUT2D eigenvalue weighted by Gasteiger charge is 2.16. The van der Waals surface area contributed by atoms with E-state index in [9.17, 15) is 4.79 Å². The zero-order valence-electron chi connectivity index (χ0n) is 12.5. The smallest absolute Gasteiger partial charge is 0.226 e. The van der Waals surface area contributed by atoms with E-state index in [1.807, 2.05) is 30.3 Å². The first-order valence-electron chi connectivity index (χ1n) is 7.31. The number of amides is 1. The average Bonchev–Trinajstić information content (AvgIpc) is 2.77. The molecule has 6 nitrogen and oxygen atoms in total. The minimum atomic E-state index is -0.00398. The molecule has 1 aromatic heterocycles. The predicted octanol–water partition coefficient (Wildman–Crippen LogP) is 2.54. The van der Waals surface area contributed by atoms with Gasteiger partial charge in [0.1, 0.15) is 0 Å². The van der Waals surface area contributed by atoms with Crippen molar-refractivity contribution in [1.82, 2.24) is 4.98 Å². The molecule has 2 aromatic rings. The molecule has 0 spiro atoms. The largest absolute Gasteiger partial charge is 0.404 e. The lowest BCUT2D eigenvalue weighted by Gasteiger charge is -2.13. The Bertz CT molecular complexity index is 768. The van der Waals surface area contributed by atoms with Gasteiger partial charge in [0.2, 0.25) is 5.91 Å². The van der Waals surface area contributed by atoms with Crippen molar-refractivity contribution in [3.63, 3.8) is 0 Å². The van der Waals surface area contributed by atoms with Crippen molar-refractivity contribution < 1.29 is 4.79 Å². The number of benzene rings is 1. The van der Waals surface area contributed by atoms with E-state index in [4.69, 9.17) is 5.73 Å². The molecule has 6 heteroatoms. The zero-order chi connectivity index (χ0) is 16.1. The van der Waals surface area contributed by atoms with Crippen molar-refractivity contribution in [2.45, 2.75) is 6.42 Å². The van der Waals surface area contributed by atoms with E-state index >= 15 is 0 Å². The van der Waals surface area contributed by atoms with E-state index in [0.717, 1.165) is 28.2 Å². The minimum absolute atomic E-state index is 0.00398. The summed E-state index contributed by atoms with van der Waals surface area (Å²) < 4.78 is 0. The van der Waals surface area contributed by atoms with Gasteiger partial charge in [-0.3, -0.25) is 14.8 Å². The number of allylic oxidation sites excluding steroid dienone is 1. The molecule has 1 amide bonds. The van der Waals surface area contributed by atoms with E-state index in [1.54, 1.807) is 18.6 Å². The normalized spacial score (nSPS) is 14.8. The van der Waals surface area contributed by atoms with Crippen LogP contribution in [0.2, 0.25) is 0 Å². The maximum atomic E-state index is 11.7. The summed E-state index contributed by atoms with van der Waals surface area (Å²) in [7, 11) is 0. The van der Waals surface area contributed by atoms with E-state index in [-0.39, 0.29) is 5.91 Å². The van der Waals surface area contributed by atoms with Crippen molar-refractivity contribution in [3.8, 4) is 0 Å². The van der Waals surface area contributed by atoms with Gasteiger partial charge < -0.3 is 16.4 Å². The van der Waals surface area contributed by atoms with Crippen LogP contribution in [0.15, 0.2) is 53.9 Å². The quantitative estimate of drug-likeness (QED) is 0.760. The van der Waals surface area contributed by atoms with Gasteiger partial charge in [0.15, 0.2) is 0 Å². The van der Waals surface area contributed by atoms with Gasteiger partial charge in [-0.2, -0.15) is 0 Å². The molecule has 1 aromatic carbocycles. The molecule has 4 N–H and O–H groups in total. The molecule has 116 valence electrons. The monoisotopic (exact) mass is 307 g/mol. The van der Waals surface area contributed by atoms with Crippen LogP contribution in [0.25, 0.3) is 5.57 Å². The van der Waals surface area contributed by atoms with Crippen LogP contribution in [0.3, 0.4) is 0 Å². The highest BCUT2D eigenvalue weighted by atomic mass is 16.1. The topological polar surface area (TPSA) is 92.4 Å². The lowest BCUT2D eigenvalue weighted by Crippen LogP contribution is -2.10. The number of nitrogens with zero attached hydrogens (tertiary/aromatic N) is 2. The SMILES string of the molecule is NC=C(C=Nc1cccnc1)c1cccc2c1NCCC(=O)N2. The van der Waals surface area contributed by atoms with Gasteiger partial charge in [0.25, 0.3) is 0 Å². The zero-order valence-corrected chi connectivity index (χ0v) is 12.5. The number of nitrogens with two attached hydrogens (primary N) is 1. The Morgan fingerprint density at radius 3 is 3.00 bits per heavy atom. The van der Waals surface area contributed by atoms with Crippen LogP contribution < -0.4 is 16.4 Å². The number of rotatable bonds is 3. The van der Waals surface area contributed by atoms with Crippen LogP contribution in [0.4, 0.5) is 17.1 Å². The molecular formula is C17H17N5O. The summed E-state index contributed by atoms with van der Waals surface area (Å²) in [5, 5.41) is 6.17. The predicted molar refractivity (Wildman–Crippen MR) is 92.7 cm³/mol. The Hall–Kier alpha value is -3.15. The standard InChI is InChI=1S/C17H17N5O/c18-9-12(10-21-13-3-2-7-19-11-13)14-4-1-5-15-17(14)20-8-6-16(23)22-15/h1-5,7,9-11,20H,6,8,18H2,(H,22,23). The number of aromatic nitrogens is 1. The number of nitrogens with one attached hydrogen (secondary N) is 2. The van der Waals surface area contributed by atoms with Crippen LogP contribution in [0.5, 0.6) is 0 Å². The first kappa shape index (κ1) is 14.8. The molecule has 1 aliphatic heterocycles. The van der Waals surface area contributed by atoms with Crippen LogP contribution in [-0.2, 0) is 4.79 Å². The summed E-state index contributed by atoms with van der Waals surface area (Å²) in [5.41, 5.74) is 9.78. The Morgan fingerprint density at radius 2 is 2.22 bits per heavy atom. The van der Waals surface area contributed by atoms with Crippen molar-refractivity contribution >= 4 is 34.8 Å². The number of aliphatic imine (C=N–C) groups is 1. The van der Waals surface area contributed by atoms with Crippen LogP contribution in [0.1, 0.15) is 12.0 Å². The van der Waals surface area contributed by atoms with E-state index in [1.165, 1.54) is 6.20 Å². The van der Waals surface area contributed by atoms with Gasteiger partial charge in [-0.1, -0.05) is 12.1 Å². The molecule has 0 saturated heterocycles. The number of carbonyl (C=O) groups is 1. The molecule has 0 aliphatic carbocycles. The maximum absolute atomic E-state index is 11.7. The molecule has 23 heavy (non-hydrogen) atoms.